The lowest BCUT2D eigenvalue weighted by Gasteiger charge is -2.08. The van der Waals surface area contributed by atoms with E-state index in [9.17, 15) is 0 Å². The van der Waals surface area contributed by atoms with Gasteiger partial charge in [0.2, 0.25) is 0 Å². The fraction of sp³-hybridized carbons (Fsp3) is 0.500. The lowest BCUT2D eigenvalue weighted by molar-refractivity contribution is 0.858. The number of thioether (sulfide) groups is 1. The highest BCUT2D eigenvalue weighted by atomic mass is 32.2. The molecule has 1 aliphatic rings. The number of hydrogen-bond donors (Lipinski definition) is 1. The summed E-state index contributed by atoms with van der Waals surface area (Å²) in [5.74, 6) is 0. The summed E-state index contributed by atoms with van der Waals surface area (Å²) in [6.07, 6.45) is 2.44. The predicted octanol–water partition coefficient (Wildman–Crippen LogP) is 2.70. The van der Waals surface area contributed by atoms with Crippen LogP contribution < -0.4 is 5.32 Å². The molecule has 1 heterocycles. The van der Waals surface area contributed by atoms with Crippen molar-refractivity contribution in [1.82, 2.24) is 5.32 Å². The molecule has 0 amide bonds. The van der Waals surface area contributed by atoms with Gasteiger partial charge < -0.3 is 5.32 Å². The molecule has 0 saturated carbocycles. The normalized spacial score (nSPS) is 21.4. The molecule has 1 aliphatic heterocycles. The van der Waals surface area contributed by atoms with Crippen molar-refractivity contribution in [1.29, 1.82) is 0 Å². The Morgan fingerprint density at radius 1 is 1.36 bits per heavy atom. The van der Waals surface area contributed by atoms with Crippen LogP contribution in [0, 0.1) is 0 Å². The maximum absolute atomic E-state index is 3.39. The largest absolute Gasteiger partial charge is 0.316 e. The van der Waals surface area contributed by atoms with E-state index in [-0.39, 0.29) is 0 Å². The summed E-state index contributed by atoms with van der Waals surface area (Å²) < 4.78 is 0. The Morgan fingerprint density at radius 3 is 2.71 bits per heavy atom. The van der Waals surface area contributed by atoms with Gasteiger partial charge in [-0.25, -0.2) is 0 Å². The Bertz CT molecular complexity index is 275. The van der Waals surface area contributed by atoms with Gasteiger partial charge in [-0.15, -0.1) is 11.8 Å². The zero-order valence-electron chi connectivity index (χ0n) is 8.62. The van der Waals surface area contributed by atoms with Gasteiger partial charge in [-0.2, -0.15) is 0 Å². The van der Waals surface area contributed by atoms with Crippen LogP contribution in [0.4, 0.5) is 0 Å². The van der Waals surface area contributed by atoms with Crippen molar-refractivity contribution in [3.8, 4) is 0 Å². The fourth-order valence-electron chi connectivity index (χ4n) is 1.72. The second kappa shape index (κ2) is 4.85. The standard InChI is InChI=1S/C12H17NS/c1-2-10-3-5-11(6-4-10)14-12-7-8-13-9-12/h3-6,12-13H,2,7-9H2,1H3. The van der Waals surface area contributed by atoms with Crippen molar-refractivity contribution in [3.05, 3.63) is 29.8 Å². The molecule has 0 bridgehead atoms. The average molecular weight is 207 g/mol. The molecule has 14 heavy (non-hydrogen) atoms. The average Bonchev–Trinajstić information content (AvgIpc) is 2.72. The van der Waals surface area contributed by atoms with Crippen LogP contribution in [0.25, 0.3) is 0 Å². The molecule has 1 nitrogen and oxygen atoms in total. The smallest absolute Gasteiger partial charge is 0.0231 e. The molecule has 1 saturated heterocycles. The lowest BCUT2D eigenvalue weighted by atomic mass is 10.2. The lowest BCUT2D eigenvalue weighted by Crippen LogP contribution is -2.09. The van der Waals surface area contributed by atoms with Gasteiger partial charge in [0.1, 0.15) is 0 Å². The third-order valence-electron chi connectivity index (χ3n) is 2.65. The quantitative estimate of drug-likeness (QED) is 0.818. The van der Waals surface area contributed by atoms with Crippen LogP contribution in [0.15, 0.2) is 29.2 Å². The van der Waals surface area contributed by atoms with Crippen molar-refractivity contribution in [2.45, 2.75) is 29.9 Å². The summed E-state index contributed by atoms with van der Waals surface area (Å²) in [7, 11) is 0. The van der Waals surface area contributed by atoms with Crippen molar-refractivity contribution in [3.63, 3.8) is 0 Å². The van der Waals surface area contributed by atoms with E-state index in [2.05, 4.69) is 36.5 Å². The number of hydrogen-bond acceptors (Lipinski definition) is 2. The van der Waals surface area contributed by atoms with Gasteiger partial charge in [0.05, 0.1) is 0 Å². The van der Waals surface area contributed by atoms with E-state index < -0.39 is 0 Å². The minimum Gasteiger partial charge on any atom is -0.316 e. The zero-order chi connectivity index (χ0) is 9.80. The highest BCUT2D eigenvalue weighted by Gasteiger charge is 2.14. The predicted molar refractivity (Wildman–Crippen MR) is 63.0 cm³/mol. The first-order chi connectivity index (χ1) is 6.88. The molecule has 1 unspecified atom stereocenters. The molecule has 1 aromatic carbocycles. The molecule has 0 radical (unpaired) electrons. The number of aryl methyl sites for hydroxylation is 1. The van der Waals surface area contributed by atoms with E-state index in [0.717, 1.165) is 11.7 Å². The molecule has 0 spiro atoms. The first kappa shape index (κ1) is 10.1. The van der Waals surface area contributed by atoms with Gasteiger partial charge in [-0.1, -0.05) is 19.1 Å². The first-order valence-electron chi connectivity index (χ1n) is 5.35. The molecule has 2 heteroatoms. The van der Waals surface area contributed by atoms with Crippen molar-refractivity contribution >= 4 is 11.8 Å². The fourth-order valence-corrected chi connectivity index (χ4v) is 2.84. The van der Waals surface area contributed by atoms with Crippen LogP contribution in [0.3, 0.4) is 0 Å². The number of rotatable bonds is 3. The summed E-state index contributed by atoms with van der Waals surface area (Å²) in [5, 5.41) is 4.17. The van der Waals surface area contributed by atoms with Crippen LogP contribution >= 0.6 is 11.8 Å². The zero-order valence-corrected chi connectivity index (χ0v) is 9.44. The van der Waals surface area contributed by atoms with Crippen LogP contribution in [0.2, 0.25) is 0 Å². The molecule has 0 aliphatic carbocycles. The van der Waals surface area contributed by atoms with Crippen LogP contribution in [-0.4, -0.2) is 18.3 Å². The van der Waals surface area contributed by atoms with Gasteiger partial charge in [-0.05, 0) is 37.1 Å². The highest BCUT2D eigenvalue weighted by molar-refractivity contribution is 8.00. The van der Waals surface area contributed by atoms with Gasteiger partial charge >= 0.3 is 0 Å². The second-order valence-electron chi connectivity index (χ2n) is 3.73. The molecule has 0 aromatic heterocycles. The summed E-state index contributed by atoms with van der Waals surface area (Å²) >= 11 is 2.01. The SMILES string of the molecule is CCc1ccc(SC2CCNC2)cc1. The molecule has 1 N–H and O–H groups in total. The van der Waals surface area contributed by atoms with Crippen molar-refractivity contribution in [2.75, 3.05) is 13.1 Å². The van der Waals surface area contributed by atoms with E-state index in [1.165, 1.54) is 30.0 Å². The Hall–Kier alpha value is -0.470. The minimum absolute atomic E-state index is 0.780. The Morgan fingerprint density at radius 2 is 2.14 bits per heavy atom. The van der Waals surface area contributed by atoms with E-state index in [4.69, 9.17) is 0 Å². The summed E-state index contributed by atoms with van der Waals surface area (Å²) in [6, 6.07) is 8.99. The second-order valence-corrected chi connectivity index (χ2v) is 5.10. The maximum Gasteiger partial charge on any atom is 0.0231 e. The summed E-state index contributed by atoms with van der Waals surface area (Å²) in [5.41, 5.74) is 1.43. The van der Waals surface area contributed by atoms with E-state index in [0.29, 0.717) is 0 Å². The van der Waals surface area contributed by atoms with Gasteiger partial charge in [0.15, 0.2) is 0 Å². The molecule has 1 fully saturated rings. The molecule has 1 atom stereocenters. The van der Waals surface area contributed by atoms with Gasteiger partial charge in [0, 0.05) is 16.7 Å². The van der Waals surface area contributed by atoms with Gasteiger partial charge in [0.25, 0.3) is 0 Å². The third kappa shape index (κ3) is 2.52. The molecular formula is C12H17NS. The first-order valence-corrected chi connectivity index (χ1v) is 6.23. The summed E-state index contributed by atoms with van der Waals surface area (Å²) in [4.78, 5) is 1.41. The van der Waals surface area contributed by atoms with E-state index in [1.54, 1.807) is 0 Å². The molecule has 2 rings (SSSR count). The molecule has 76 valence electrons. The topological polar surface area (TPSA) is 12.0 Å². The highest BCUT2D eigenvalue weighted by Crippen LogP contribution is 2.26. The Kier molecular flexibility index (Phi) is 3.49. The van der Waals surface area contributed by atoms with Crippen LogP contribution in [0.5, 0.6) is 0 Å². The Labute approximate surface area is 90.3 Å². The van der Waals surface area contributed by atoms with Crippen LogP contribution in [0.1, 0.15) is 18.9 Å². The van der Waals surface area contributed by atoms with E-state index >= 15 is 0 Å². The van der Waals surface area contributed by atoms with Crippen molar-refractivity contribution < 1.29 is 0 Å². The van der Waals surface area contributed by atoms with Crippen molar-refractivity contribution in [2.24, 2.45) is 0 Å². The Balaban J connectivity index is 1.95. The monoisotopic (exact) mass is 207 g/mol. The van der Waals surface area contributed by atoms with Crippen LogP contribution in [-0.2, 0) is 6.42 Å². The number of nitrogens with one attached hydrogen (secondary N) is 1. The maximum atomic E-state index is 3.39. The molecular weight excluding hydrogens is 190 g/mol. The molecule has 1 aromatic rings. The number of benzene rings is 1. The van der Waals surface area contributed by atoms with Gasteiger partial charge in [-0.3, -0.25) is 0 Å². The summed E-state index contributed by atoms with van der Waals surface area (Å²) in [6.45, 7) is 4.55. The third-order valence-corrected chi connectivity index (χ3v) is 3.93. The minimum atomic E-state index is 0.780. The van der Waals surface area contributed by atoms with E-state index in [1.807, 2.05) is 11.8 Å².